The van der Waals surface area contributed by atoms with Gasteiger partial charge in [0.15, 0.2) is 17.5 Å². The highest BCUT2D eigenvalue weighted by atomic mass is 127. The average molecular weight is 521 g/mol. The lowest BCUT2D eigenvalue weighted by molar-refractivity contribution is -0.0512. The first-order chi connectivity index (χ1) is 13.5. The highest BCUT2D eigenvalue weighted by Crippen LogP contribution is 2.29. The van der Waals surface area contributed by atoms with Crippen LogP contribution in [0.3, 0.4) is 0 Å². The summed E-state index contributed by atoms with van der Waals surface area (Å²) in [5.74, 6) is 1.42. The van der Waals surface area contributed by atoms with Gasteiger partial charge in [-0.1, -0.05) is 18.2 Å². The van der Waals surface area contributed by atoms with Crippen LogP contribution in [0.25, 0.3) is 0 Å². The second-order valence-corrected chi connectivity index (χ2v) is 5.91. The van der Waals surface area contributed by atoms with Crippen LogP contribution in [0.2, 0.25) is 0 Å². The van der Waals surface area contributed by atoms with Crippen molar-refractivity contribution in [3.63, 3.8) is 0 Å². The fraction of sp³-hybridized carbons (Fsp3) is 0.350. The van der Waals surface area contributed by atoms with E-state index in [1.807, 2.05) is 24.3 Å². The lowest BCUT2D eigenvalue weighted by atomic mass is 10.1. The van der Waals surface area contributed by atoms with Crippen LogP contribution < -0.4 is 25.3 Å². The molecule has 9 heteroatoms. The molecular weight excluding hydrogens is 495 g/mol. The molecule has 3 N–H and O–H groups in total. The number of aliphatic imine (C=N–C) groups is 1. The van der Waals surface area contributed by atoms with E-state index in [-0.39, 0.29) is 35.5 Å². The minimum absolute atomic E-state index is 0. The van der Waals surface area contributed by atoms with E-state index in [1.54, 1.807) is 19.2 Å². The quantitative estimate of drug-likeness (QED) is 0.284. The van der Waals surface area contributed by atoms with Crippen molar-refractivity contribution in [3.8, 4) is 17.2 Å². The predicted octanol–water partition coefficient (Wildman–Crippen LogP) is 3.61. The molecule has 0 saturated carbocycles. The van der Waals surface area contributed by atoms with E-state index in [2.05, 4.69) is 15.0 Å². The Hall–Kier alpha value is -2.30. The van der Waals surface area contributed by atoms with Gasteiger partial charge in [-0.05, 0) is 48.2 Å². The average Bonchev–Trinajstić information content (AvgIpc) is 2.68. The van der Waals surface area contributed by atoms with Crippen LogP contribution >= 0.6 is 24.0 Å². The monoisotopic (exact) mass is 521 g/mol. The first-order valence-corrected chi connectivity index (χ1v) is 8.80. The maximum Gasteiger partial charge on any atom is 0.387 e. The number of nitrogens with one attached hydrogen (secondary N) is 1. The number of hydrogen-bond acceptors (Lipinski definition) is 4. The molecule has 2 aromatic carbocycles. The van der Waals surface area contributed by atoms with Crippen molar-refractivity contribution in [1.29, 1.82) is 0 Å². The molecule has 0 bridgehead atoms. The molecule has 0 unspecified atom stereocenters. The Morgan fingerprint density at radius 2 is 1.69 bits per heavy atom. The van der Waals surface area contributed by atoms with Gasteiger partial charge < -0.3 is 25.3 Å². The summed E-state index contributed by atoms with van der Waals surface area (Å²) in [6.45, 7) is -1.84. The molecule has 0 aliphatic rings. The van der Waals surface area contributed by atoms with Crippen LogP contribution in [0.1, 0.15) is 11.1 Å². The Bertz CT molecular complexity index is 774. The van der Waals surface area contributed by atoms with Crippen molar-refractivity contribution in [2.45, 2.75) is 19.5 Å². The van der Waals surface area contributed by atoms with Gasteiger partial charge in [0.05, 0.1) is 14.2 Å². The second kappa shape index (κ2) is 13.0. The van der Waals surface area contributed by atoms with Gasteiger partial charge in [0.1, 0.15) is 5.75 Å². The van der Waals surface area contributed by atoms with E-state index < -0.39 is 6.61 Å². The number of rotatable bonds is 10. The van der Waals surface area contributed by atoms with Gasteiger partial charge in [0.2, 0.25) is 0 Å². The fourth-order valence-electron chi connectivity index (χ4n) is 2.55. The predicted molar refractivity (Wildman–Crippen MR) is 120 cm³/mol. The molecule has 0 spiro atoms. The largest absolute Gasteiger partial charge is 0.497 e. The Morgan fingerprint density at radius 1 is 1.00 bits per heavy atom. The fourth-order valence-corrected chi connectivity index (χ4v) is 2.55. The third kappa shape index (κ3) is 8.71. The summed E-state index contributed by atoms with van der Waals surface area (Å²) in [6, 6.07) is 12.7. The van der Waals surface area contributed by atoms with Gasteiger partial charge in [-0.25, -0.2) is 0 Å². The Kier molecular flexibility index (Phi) is 11.1. The first-order valence-electron chi connectivity index (χ1n) is 8.80. The smallest absolute Gasteiger partial charge is 0.387 e. The zero-order valence-electron chi connectivity index (χ0n) is 16.4. The number of benzene rings is 2. The maximum atomic E-state index is 12.5. The Morgan fingerprint density at radius 3 is 2.31 bits per heavy atom. The molecule has 0 aliphatic heterocycles. The lowest BCUT2D eigenvalue weighted by Crippen LogP contribution is -2.33. The van der Waals surface area contributed by atoms with E-state index in [1.165, 1.54) is 13.2 Å². The molecule has 29 heavy (non-hydrogen) atoms. The number of nitrogens with two attached hydrogens (primary N) is 1. The standard InChI is InChI=1S/C20H25F2N3O3.HI/c1-26-16-6-3-14(4-7-16)9-11-24-20(23)25-12-10-15-5-8-17(27-2)18(13-15)28-19(21)22;/h3-8,13,19H,9-12H2,1-2H3,(H3,23,24,25);1H. The summed E-state index contributed by atoms with van der Waals surface area (Å²) in [5, 5.41) is 3.01. The van der Waals surface area contributed by atoms with Crippen molar-refractivity contribution >= 4 is 29.9 Å². The van der Waals surface area contributed by atoms with E-state index in [0.717, 1.165) is 23.3 Å². The van der Waals surface area contributed by atoms with Crippen LogP contribution in [0, 0.1) is 0 Å². The zero-order valence-corrected chi connectivity index (χ0v) is 18.7. The molecule has 2 rings (SSSR count). The molecular formula is C20H26F2IN3O3. The summed E-state index contributed by atoms with van der Waals surface area (Å²) in [7, 11) is 3.03. The number of hydrogen-bond donors (Lipinski definition) is 2. The molecule has 0 amide bonds. The molecule has 0 aliphatic carbocycles. The number of nitrogens with zero attached hydrogens (tertiary/aromatic N) is 1. The lowest BCUT2D eigenvalue weighted by Gasteiger charge is -2.12. The number of guanidine groups is 1. The number of methoxy groups -OCH3 is 2. The van der Waals surface area contributed by atoms with E-state index in [0.29, 0.717) is 25.5 Å². The van der Waals surface area contributed by atoms with Crippen LogP contribution in [0.5, 0.6) is 17.2 Å². The van der Waals surface area contributed by atoms with Gasteiger partial charge in [0, 0.05) is 13.1 Å². The SMILES string of the molecule is COc1ccc(CCN=C(N)NCCc2ccc(OC)c(OC(F)F)c2)cc1.I. The van der Waals surface area contributed by atoms with Gasteiger partial charge in [0.25, 0.3) is 0 Å². The third-order valence-corrected chi connectivity index (χ3v) is 4.01. The van der Waals surface area contributed by atoms with E-state index in [9.17, 15) is 8.78 Å². The maximum absolute atomic E-state index is 12.5. The first kappa shape index (κ1) is 24.7. The second-order valence-electron chi connectivity index (χ2n) is 5.91. The molecule has 0 saturated heterocycles. The molecule has 6 nitrogen and oxygen atoms in total. The third-order valence-electron chi connectivity index (χ3n) is 4.01. The minimum atomic E-state index is -2.91. The Balaban J connectivity index is 0.00000420. The highest BCUT2D eigenvalue weighted by Gasteiger charge is 2.11. The van der Waals surface area contributed by atoms with Crippen molar-refractivity contribution in [2.24, 2.45) is 10.7 Å². The van der Waals surface area contributed by atoms with E-state index >= 15 is 0 Å². The topological polar surface area (TPSA) is 78.1 Å². The van der Waals surface area contributed by atoms with E-state index in [4.69, 9.17) is 15.2 Å². The zero-order chi connectivity index (χ0) is 20.4. The molecule has 2 aromatic rings. The van der Waals surface area contributed by atoms with Crippen molar-refractivity contribution < 1.29 is 23.0 Å². The van der Waals surface area contributed by atoms with Crippen LogP contribution in [0.15, 0.2) is 47.5 Å². The van der Waals surface area contributed by atoms with Crippen molar-refractivity contribution in [2.75, 3.05) is 27.3 Å². The van der Waals surface area contributed by atoms with Crippen molar-refractivity contribution in [3.05, 3.63) is 53.6 Å². The van der Waals surface area contributed by atoms with Crippen LogP contribution in [-0.2, 0) is 12.8 Å². The molecule has 0 fully saturated rings. The number of halogens is 3. The molecule has 0 aromatic heterocycles. The number of alkyl halides is 2. The van der Waals surface area contributed by atoms with Gasteiger partial charge in [-0.15, -0.1) is 24.0 Å². The molecule has 0 heterocycles. The van der Waals surface area contributed by atoms with Crippen LogP contribution in [-0.4, -0.2) is 39.9 Å². The Labute approximate surface area is 186 Å². The summed E-state index contributed by atoms with van der Waals surface area (Å²) in [6.07, 6.45) is 1.33. The molecule has 0 atom stereocenters. The minimum Gasteiger partial charge on any atom is -0.497 e. The summed E-state index contributed by atoms with van der Waals surface area (Å²) in [4.78, 5) is 4.29. The molecule has 160 valence electrons. The normalized spacial score (nSPS) is 11.0. The van der Waals surface area contributed by atoms with Crippen molar-refractivity contribution in [1.82, 2.24) is 5.32 Å². The summed E-state index contributed by atoms with van der Waals surface area (Å²) >= 11 is 0. The van der Waals surface area contributed by atoms with Crippen LogP contribution in [0.4, 0.5) is 8.78 Å². The van der Waals surface area contributed by atoms with Gasteiger partial charge in [-0.3, -0.25) is 4.99 Å². The summed E-state index contributed by atoms with van der Waals surface area (Å²) in [5.41, 5.74) is 7.82. The van der Waals surface area contributed by atoms with Gasteiger partial charge in [-0.2, -0.15) is 8.78 Å². The molecule has 0 radical (unpaired) electrons. The van der Waals surface area contributed by atoms with Gasteiger partial charge >= 0.3 is 6.61 Å². The number of ether oxygens (including phenoxy) is 3. The highest BCUT2D eigenvalue weighted by molar-refractivity contribution is 14.0. The summed E-state index contributed by atoms with van der Waals surface area (Å²) < 4.78 is 39.6.